The van der Waals surface area contributed by atoms with Gasteiger partial charge in [-0.1, -0.05) is 36.1 Å². The zero-order chi connectivity index (χ0) is 20.4. The molecule has 2 aromatic rings. The van der Waals surface area contributed by atoms with E-state index in [9.17, 15) is 14.7 Å². The molecule has 1 saturated heterocycles. The summed E-state index contributed by atoms with van der Waals surface area (Å²) in [6.45, 7) is 0.329. The summed E-state index contributed by atoms with van der Waals surface area (Å²) in [6.07, 6.45) is 1.82. The van der Waals surface area contributed by atoms with E-state index in [0.717, 1.165) is 5.56 Å². The second kappa shape index (κ2) is 8.14. The van der Waals surface area contributed by atoms with Crippen LogP contribution in [0.5, 0.6) is 17.2 Å². The van der Waals surface area contributed by atoms with Gasteiger partial charge in [0.25, 0.3) is 5.91 Å². The second-order valence-corrected chi connectivity index (χ2v) is 7.94. The Morgan fingerprint density at radius 2 is 2.03 bits per heavy atom. The molecule has 2 amide bonds. The van der Waals surface area contributed by atoms with Crippen molar-refractivity contribution in [2.24, 2.45) is 0 Å². The molecule has 0 unspecified atom stereocenters. The number of nitrogens with zero attached hydrogens (tertiary/aromatic N) is 1. The van der Waals surface area contributed by atoms with Gasteiger partial charge >= 0.3 is 0 Å². The number of benzene rings is 2. The van der Waals surface area contributed by atoms with Gasteiger partial charge in [-0.05, 0) is 36.4 Å². The number of anilines is 1. The van der Waals surface area contributed by atoms with Crippen LogP contribution in [0, 0.1) is 0 Å². The van der Waals surface area contributed by atoms with E-state index in [2.05, 4.69) is 5.32 Å². The highest BCUT2D eigenvalue weighted by Gasteiger charge is 2.32. The highest BCUT2D eigenvalue weighted by molar-refractivity contribution is 8.26. The van der Waals surface area contributed by atoms with Crippen molar-refractivity contribution in [2.45, 2.75) is 6.42 Å². The first kappa shape index (κ1) is 19.3. The van der Waals surface area contributed by atoms with Gasteiger partial charge in [0.1, 0.15) is 10.1 Å². The zero-order valence-electron chi connectivity index (χ0n) is 15.1. The lowest BCUT2D eigenvalue weighted by Crippen LogP contribution is -2.31. The van der Waals surface area contributed by atoms with E-state index >= 15 is 0 Å². The standard InChI is InChI=1S/C20H16N2O5S2/c23-14-6-4-13(5-7-14)21-17(24)8-9-22-19(25)16(29-20(22)28)10-12-2-1-3-15-18(12)27-11-26-15/h1-7,10,23H,8-9,11H2,(H,21,24)/b16-10+. The average Bonchev–Trinajstić information content (AvgIpc) is 3.28. The van der Waals surface area contributed by atoms with Gasteiger partial charge in [0.05, 0.1) is 4.91 Å². The number of aromatic hydroxyl groups is 1. The number of rotatable bonds is 5. The molecule has 0 aromatic heterocycles. The average molecular weight is 428 g/mol. The number of carbonyl (C=O) groups is 2. The molecular weight excluding hydrogens is 412 g/mol. The maximum Gasteiger partial charge on any atom is 0.266 e. The van der Waals surface area contributed by atoms with Crippen LogP contribution in [-0.2, 0) is 9.59 Å². The first-order valence-electron chi connectivity index (χ1n) is 8.74. The third kappa shape index (κ3) is 4.20. The number of phenols is 1. The molecule has 0 saturated carbocycles. The van der Waals surface area contributed by atoms with Gasteiger partial charge in [0, 0.05) is 24.2 Å². The van der Waals surface area contributed by atoms with E-state index in [1.807, 2.05) is 12.1 Å². The van der Waals surface area contributed by atoms with Crippen molar-refractivity contribution < 1.29 is 24.2 Å². The van der Waals surface area contributed by atoms with Crippen LogP contribution in [0.25, 0.3) is 6.08 Å². The molecule has 0 radical (unpaired) electrons. The minimum atomic E-state index is -0.250. The van der Waals surface area contributed by atoms with Gasteiger partial charge in [0.2, 0.25) is 12.7 Å². The monoisotopic (exact) mass is 428 g/mol. The Balaban J connectivity index is 1.40. The Labute approximate surface area is 176 Å². The summed E-state index contributed by atoms with van der Waals surface area (Å²) >= 11 is 6.51. The molecule has 2 aliphatic rings. The molecule has 2 aromatic carbocycles. The summed E-state index contributed by atoms with van der Waals surface area (Å²) in [5.74, 6) is 0.869. The third-order valence-electron chi connectivity index (χ3n) is 4.30. The fourth-order valence-electron chi connectivity index (χ4n) is 2.88. The van der Waals surface area contributed by atoms with Crippen molar-refractivity contribution >= 4 is 51.9 Å². The van der Waals surface area contributed by atoms with Crippen LogP contribution in [0.4, 0.5) is 5.69 Å². The number of hydrogen-bond acceptors (Lipinski definition) is 7. The topological polar surface area (TPSA) is 88.1 Å². The second-order valence-electron chi connectivity index (χ2n) is 6.26. The first-order chi connectivity index (χ1) is 14.0. The number of hydrogen-bond donors (Lipinski definition) is 2. The van der Waals surface area contributed by atoms with Gasteiger partial charge in [-0.25, -0.2) is 0 Å². The van der Waals surface area contributed by atoms with Gasteiger partial charge in [-0.2, -0.15) is 0 Å². The van der Waals surface area contributed by atoms with E-state index in [1.54, 1.807) is 24.3 Å². The fourth-order valence-corrected chi connectivity index (χ4v) is 4.18. The van der Waals surface area contributed by atoms with E-state index in [0.29, 0.717) is 26.4 Å². The Kier molecular flexibility index (Phi) is 5.41. The molecule has 2 N–H and O–H groups in total. The van der Waals surface area contributed by atoms with E-state index in [4.69, 9.17) is 21.7 Å². The number of nitrogens with one attached hydrogen (secondary N) is 1. The van der Waals surface area contributed by atoms with Crippen LogP contribution in [0.1, 0.15) is 12.0 Å². The summed E-state index contributed by atoms with van der Waals surface area (Å²) < 4.78 is 11.2. The predicted octanol–water partition coefficient (Wildman–Crippen LogP) is 3.35. The minimum absolute atomic E-state index is 0.0955. The first-order valence-corrected chi connectivity index (χ1v) is 9.96. The van der Waals surface area contributed by atoms with Crippen molar-refractivity contribution in [1.29, 1.82) is 0 Å². The molecular formula is C20H16N2O5S2. The van der Waals surface area contributed by atoms with Gasteiger partial charge in [-0.3, -0.25) is 14.5 Å². The van der Waals surface area contributed by atoms with Crippen molar-refractivity contribution in [3.8, 4) is 17.2 Å². The van der Waals surface area contributed by atoms with E-state index < -0.39 is 0 Å². The number of fused-ring (bicyclic) bond motifs is 1. The summed E-state index contributed by atoms with van der Waals surface area (Å²) in [6, 6.07) is 11.6. The molecule has 2 heterocycles. The fraction of sp³-hybridized carbons (Fsp3) is 0.150. The highest BCUT2D eigenvalue weighted by atomic mass is 32.2. The number of thiocarbonyl (C=S) groups is 1. The molecule has 2 aliphatic heterocycles. The van der Waals surface area contributed by atoms with Crippen LogP contribution in [0.2, 0.25) is 0 Å². The molecule has 0 aliphatic carbocycles. The van der Waals surface area contributed by atoms with Crippen LogP contribution in [-0.4, -0.2) is 39.5 Å². The highest BCUT2D eigenvalue weighted by Crippen LogP contribution is 2.39. The summed E-state index contributed by atoms with van der Waals surface area (Å²) in [5, 5.41) is 12.0. The minimum Gasteiger partial charge on any atom is -0.508 e. The Hall–Kier alpha value is -3.04. The van der Waals surface area contributed by atoms with Crippen LogP contribution in [0.3, 0.4) is 0 Å². The van der Waals surface area contributed by atoms with Crippen LogP contribution < -0.4 is 14.8 Å². The molecule has 4 rings (SSSR count). The molecule has 0 spiro atoms. The van der Waals surface area contributed by atoms with E-state index in [-0.39, 0.29) is 37.3 Å². The van der Waals surface area contributed by atoms with Gasteiger partial charge < -0.3 is 19.9 Å². The molecule has 0 atom stereocenters. The lowest BCUT2D eigenvalue weighted by molar-refractivity contribution is -0.122. The molecule has 0 bridgehead atoms. The quantitative estimate of drug-likeness (QED) is 0.429. The SMILES string of the molecule is O=C(CCN1C(=O)/C(=C\c2cccc3c2OCO3)SC1=S)Nc1ccc(O)cc1. The molecule has 29 heavy (non-hydrogen) atoms. The van der Waals surface area contributed by atoms with Crippen molar-refractivity contribution in [3.63, 3.8) is 0 Å². The number of ether oxygens (including phenoxy) is 2. The Morgan fingerprint density at radius 1 is 1.24 bits per heavy atom. The van der Waals surface area contributed by atoms with Crippen molar-refractivity contribution in [2.75, 3.05) is 18.7 Å². The number of para-hydroxylation sites is 1. The Morgan fingerprint density at radius 3 is 2.83 bits per heavy atom. The van der Waals surface area contributed by atoms with Gasteiger partial charge in [-0.15, -0.1) is 0 Å². The van der Waals surface area contributed by atoms with Crippen molar-refractivity contribution in [1.82, 2.24) is 4.90 Å². The molecule has 9 heteroatoms. The summed E-state index contributed by atoms with van der Waals surface area (Å²) in [5.41, 5.74) is 1.31. The lowest BCUT2D eigenvalue weighted by Gasteiger charge is -2.14. The van der Waals surface area contributed by atoms with Crippen molar-refractivity contribution in [3.05, 3.63) is 52.9 Å². The number of thioether (sulfide) groups is 1. The van der Waals surface area contributed by atoms with Gasteiger partial charge in [0.15, 0.2) is 11.5 Å². The third-order valence-corrected chi connectivity index (χ3v) is 5.68. The van der Waals surface area contributed by atoms with E-state index in [1.165, 1.54) is 28.8 Å². The zero-order valence-corrected chi connectivity index (χ0v) is 16.7. The normalized spacial score (nSPS) is 16.6. The summed E-state index contributed by atoms with van der Waals surface area (Å²) in [4.78, 5) is 26.8. The van der Waals surface area contributed by atoms with Crippen LogP contribution >= 0.6 is 24.0 Å². The number of amides is 2. The molecule has 1 fully saturated rings. The molecule has 148 valence electrons. The Bertz CT molecular complexity index is 1020. The number of carbonyl (C=O) groups excluding carboxylic acids is 2. The molecule has 7 nitrogen and oxygen atoms in total. The predicted molar refractivity (Wildman–Crippen MR) is 114 cm³/mol. The number of phenolic OH excluding ortho intramolecular Hbond substituents is 1. The largest absolute Gasteiger partial charge is 0.508 e. The maximum atomic E-state index is 12.7. The lowest BCUT2D eigenvalue weighted by atomic mass is 10.1. The van der Waals surface area contributed by atoms with Crippen LogP contribution in [0.15, 0.2) is 47.4 Å². The smallest absolute Gasteiger partial charge is 0.266 e. The summed E-state index contributed by atoms with van der Waals surface area (Å²) in [7, 11) is 0. The maximum absolute atomic E-state index is 12.7.